The standard InChI is InChI=1S/C38H60O8/c1-21-29(39)31(41)30(40)24(45-21)18-28-44-20-35(5)25-10-13-37(7)26(34(25,4)12-11-27(35)46-28)9-8-22-23-19-33(2,3)14-16-38(23,32(42)43)17-15-36(22,37)6/h8,21,23-31,39-41H,9-20H2,1-7H3,(H,42,43)/t21-,23-,24-,25+,26+,27-,28+,29-,30-,31+,34-,35-,36+,37+,38-/m0/s1. The first-order valence-corrected chi connectivity index (χ1v) is 18.3. The lowest BCUT2D eigenvalue weighted by Gasteiger charge is -2.72. The SMILES string of the molecule is C[C@@H]1O[C@@H](C[C@@H]2OC[C@@]3(C)[C@@H]4CC[C@]5(C)[C@H](CC=C6[C@@H]7CC(C)(C)CC[C@]7(C(=O)O)CC[C@]65C)[C@@]4(C)CC[C@@H]3O2)[C@H](O)[C@H](O)[C@H]1O. The molecule has 0 aromatic carbocycles. The van der Waals surface area contributed by atoms with Crippen LogP contribution in [0, 0.1) is 50.2 Å². The summed E-state index contributed by atoms with van der Waals surface area (Å²) in [7, 11) is 0. The van der Waals surface area contributed by atoms with Crippen molar-refractivity contribution in [2.24, 2.45) is 50.2 Å². The zero-order valence-electron chi connectivity index (χ0n) is 29.3. The van der Waals surface area contributed by atoms with Gasteiger partial charge in [-0.3, -0.25) is 4.79 Å². The van der Waals surface area contributed by atoms with Crippen LogP contribution in [0.5, 0.6) is 0 Å². The number of carboxylic acid groups (broad SMARTS) is 1. The van der Waals surface area contributed by atoms with E-state index in [1.165, 1.54) is 5.57 Å². The summed E-state index contributed by atoms with van der Waals surface area (Å²) in [4.78, 5) is 13.0. The van der Waals surface area contributed by atoms with Gasteiger partial charge in [-0.1, -0.05) is 53.2 Å². The molecule has 2 aliphatic heterocycles. The molecule has 0 amide bonds. The molecule has 2 heterocycles. The minimum Gasteiger partial charge on any atom is -0.481 e. The number of fused-ring (bicyclic) bond motifs is 9. The van der Waals surface area contributed by atoms with Crippen molar-refractivity contribution in [1.82, 2.24) is 0 Å². The van der Waals surface area contributed by atoms with Crippen molar-refractivity contribution < 1.29 is 39.4 Å². The Morgan fingerprint density at radius 1 is 0.848 bits per heavy atom. The third kappa shape index (κ3) is 4.48. The van der Waals surface area contributed by atoms with Crippen molar-refractivity contribution in [1.29, 1.82) is 0 Å². The van der Waals surface area contributed by atoms with E-state index < -0.39 is 48.2 Å². The molecular weight excluding hydrogens is 584 g/mol. The molecule has 8 nitrogen and oxygen atoms in total. The molecule has 0 aromatic rings. The van der Waals surface area contributed by atoms with E-state index in [9.17, 15) is 25.2 Å². The summed E-state index contributed by atoms with van der Waals surface area (Å²) < 4.78 is 19.0. The molecule has 260 valence electrons. The van der Waals surface area contributed by atoms with Gasteiger partial charge >= 0.3 is 5.97 Å². The summed E-state index contributed by atoms with van der Waals surface area (Å²) in [5.41, 5.74) is 1.11. The zero-order chi connectivity index (χ0) is 33.2. The van der Waals surface area contributed by atoms with Crippen LogP contribution in [0.25, 0.3) is 0 Å². The van der Waals surface area contributed by atoms with Gasteiger partial charge in [0.15, 0.2) is 6.29 Å². The highest BCUT2D eigenvalue weighted by Crippen LogP contribution is 2.76. The Labute approximate surface area is 275 Å². The van der Waals surface area contributed by atoms with E-state index in [1.54, 1.807) is 6.92 Å². The number of aliphatic carboxylic acids is 1. The second-order valence-corrected chi connectivity index (χ2v) is 18.7. The molecule has 0 bridgehead atoms. The van der Waals surface area contributed by atoms with E-state index in [0.717, 1.165) is 64.2 Å². The molecule has 8 heteroatoms. The van der Waals surface area contributed by atoms with Gasteiger partial charge in [-0.2, -0.15) is 0 Å². The molecule has 0 aromatic heterocycles. The maximum Gasteiger partial charge on any atom is 0.310 e. The van der Waals surface area contributed by atoms with Gasteiger partial charge in [-0.15, -0.1) is 0 Å². The first kappa shape index (κ1) is 33.5. The van der Waals surface area contributed by atoms with Gasteiger partial charge in [0.25, 0.3) is 0 Å². The van der Waals surface area contributed by atoms with Crippen molar-refractivity contribution in [3.8, 4) is 0 Å². The van der Waals surface area contributed by atoms with Gasteiger partial charge < -0.3 is 34.6 Å². The first-order valence-electron chi connectivity index (χ1n) is 18.3. The number of rotatable bonds is 3. The summed E-state index contributed by atoms with van der Waals surface area (Å²) in [6, 6.07) is 0. The van der Waals surface area contributed by atoms with Crippen LogP contribution in [-0.4, -0.2) is 75.9 Å². The summed E-state index contributed by atoms with van der Waals surface area (Å²) in [6.07, 6.45) is 7.38. The number of carbonyl (C=O) groups is 1. The van der Waals surface area contributed by atoms with Gasteiger partial charge in [0.1, 0.15) is 18.3 Å². The molecule has 7 aliphatic rings. The third-order valence-corrected chi connectivity index (χ3v) is 16.1. The molecule has 6 fully saturated rings. The van der Waals surface area contributed by atoms with E-state index in [2.05, 4.69) is 47.6 Å². The highest BCUT2D eigenvalue weighted by atomic mass is 16.7. The van der Waals surface area contributed by atoms with Gasteiger partial charge in [-0.25, -0.2) is 0 Å². The van der Waals surface area contributed by atoms with Crippen LogP contribution in [0.2, 0.25) is 0 Å². The molecule has 0 radical (unpaired) electrons. The number of hydrogen-bond donors (Lipinski definition) is 4. The van der Waals surface area contributed by atoms with Crippen molar-refractivity contribution in [3.63, 3.8) is 0 Å². The van der Waals surface area contributed by atoms with Crippen LogP contribution < -0.4 is 0 Å². The second kappa shape index (κ2) is 10.7. The Balaban J connectivity index is 1.13. The summed E-state index contributed by atoms with van der Waals surface area (Å²) >= 11 is 0. The number of hydrogen-bond acceptors (Lipinski definition) is 7. The summed E-state index contributed by atoms with van der Waals surface area (Å²) in [5, 5.41) is 41.7. The number of allylic oxidation sites excluding steroid dienone is 2. The van der Waals surface area contributed by atoms with Crippen LogP contribution >= 0.6 is 0 Å². The maximum absolute atomic E-state index is 13.0. The topological polar surface area (TPSA) is 126 Å². The fraction of sp³-hybridized carbons (Fsp3) is 0.921. The zero-order valence-corrected chi connectivity index (χ0v) is 29.3. The fourth-order valence-electron chi connectivity index (χ4n) is 13.0. The van der Waals surface area contributed by atoms with E-state index in [-0.39, 0.29) is 39.1 Å². The van der Waals surface area contributed by atoms with Crippen molar-refractivity contribution >= 4 is 5.97 Å². The summed E-state index contributed by atoms with van der Waals surface area (Å²) in [5.74, 6) is 0.506. The van der Waals surface area contributed by atoms with Gasteiger partial charge in [0.05, 0.1) is 30.3 Å². The Kier molecular flexibility index (Phi) is 7.81. The molecule has 7 rings (SSSR count). The maximum atomic E-state index is 13.0. The highest BCUT2D eigenvalue weighted by Gasteiger charge is 2.70. The Morgan fingerprint density at radius 2 is 1.57 bits per heavy atom. The molecule has 15 atom stereocenters. The Bertz CT molecular complexity index is 1260. The number of aliphatic hydroxyl groups excluding tert-OH is 3. The van der Waals surface area contributed by atoms with Crippen LogP contribution in [0.1, 0.15) is 119 Å². The second-order valence-electron chi connectivity index (χ2n) is 18.7. The number of carboxylic acids is 1. The van der Waals surface area contributed by atoms with Gasteiger partial charge in [0, 0.05) is 11.8 Å². The molecule has 5 aliphatic carbocycles. The first-order chi connectivity index (χ1) is 21.4. The van der Waals surface area contributed by atoms with Crippen LogP contribution in [0.15, 0.2) is 11.6 Å². The Morgan fingerprint density at radius 3 is 2.28 bits per heavy atom. The lowest BCUT2D eigenvalue weighted by atomic mass is 9.33. The average molecular weight is 645 g/mol. The predicted octanol–water partition coefficient (Wildman–Crippen LogP) is 5.85. The fourth-order valence-corrected chi connectivity index (χ4v) is 13.0. The molecule has 46 heavy (non-hydrogen) atoms. The van der Waals surface area contributed by atoms with E-state index in [1.807, 2.05) is 0 Å². The highest BCUT2D eigenvalue weighted by molar-refractivity contribution is 5.76. The van der Waals surface area contributed by atoms with Crippen LogP contribution in [0.4, 0.5) is 0 Å². The number of ether oxygens (including phenoxy) is 3. The molecular formula is C38H60O8. The lowest BCUT2D eigenvalue weighted by Crippen LogP contribution is -2.67. The van der Waals surface area contributed by atoms with E-state index >= 15 is 0 Å². The molecule has 4 N–H and O–H groups in total. The van der Waals surface area contributed by atoms with Crippen molar-refractivity contribution in [2.45, 2.75) is 162 Å². The minimum atomic E-state index is -1.25. The molecule has 4 saturated carbocycles. The van der Waals surface area contributed by atoms with Crippen molar-refractivity contribution in [3.05, 3.63) is 11.6 Å². The smallest absolute Gasteiger partial charge is 0.310 e. The minimum absolute atomic E-state index is 0.000537. The summed E-state index contributed by atoms with van der Waals surface area (Å²) in [6.45, 7) is 16.9. The quantitative estimate of drug-likeness (QED) is 0.282. The predicted molar refractivity (Wildman–Crippen MR) is 173 cm³/mol. The lowest BCUT2D eigenvalue weighted by molar-refractivity contribution is -0.325. The molecule has 0 unspecified atom stereocenters. The largest absolute Gasteiger partial charge is 0.481 e. The van der Waals surface area contributed by atoms with E-state index in [0.29, 0.717) is 24.9 Å². The normalized spacial score (nSPS) is 56.3. The Hall–Kier alpha value is -1.03. The van der Waals surface area contributed by atoms with Gasteiger partial charge in [0.2, 0.25) is 0 Å². The van der Waals surface area contributed by atoms with E-state index in [4.69, 9.17) is 14.2 Å². The molecule has 2 saturated heterocycles. The van der Waals surface area contributed by atoms with Crippen LogP contribution in [-0.2, 0) is 19.0 Å². The third-order valence-electron chi connectivity index (χ3n) is 16.1. The number of aliphatic hydroxyl groups is 3. The van der Waals surface area contributed by atoms with Crippen molar-refractivity contribution in [2.75, 3.05) is 6.61 Å². The van der Waals surface area contributed by atoms with Crippen LogP contribution in [0.3, 0.4) is 0 Å². The van der Waals surface area contributed by atoms with Gasteiger partial charge in [-0.05, 0) is 111 Å². The monoisotopic (exact) mass is 644 g/mol. The molecule has 0 spiro atoms. The average Bonchev–Trinajstić information content (AvgIpc) is 2.98.